The van der Waals surface area contributed by atoms with Crippen molar-refractivity contribution in [3.63, 3.8) is 0 Å². The first-order valence-electron chi connectivity index (χ1n) is 3.19. The van der Waals surface area contributed by atoms with Crippen LogP contribution in [-0.2, 0) is 0 Å². The molecule has 0 N–H and O–H groups in total. The van der Waals surface area contributed by atoms with Crippen molar-refractivity contribution in [1.82, 2.24) is 0 Å². The van der Waals surface area contributed by atoms with Gasteiger partial charge in [0.2, 0.25) is 0 Å². The van der Waals surface area contributed by atoms with Crippen molar-refractivity contribution in [2.75, 3.05) is 0 Å². The molecule has 0 spiro atoms. The molecule has 0 aromatic rings. The van der Waals surface area contributed by atoms with Crippen LogP contribution in [0.4, 0.5) is 0 Å². The molecule has 0 aromatic carbocycles. The van der Waals surface area contributed by atoms with Crippen LogP contribution in [0.1, 0.15) is 0 Å². The highest BCUT2D eigenvalue weighted by Crippen LogP contribution is 2.35. The maximum absolute atomic E-state index is 2.65. The van der Waals surface area contributed by atoms with Crippen LogP contribution in [0.3, 0.4) is 0 Å². The maximum atomic E-state index is 2.65. The minimum absolute atomic E-state index is 0.273. The predicted molar refractivity (Wildman–Crippen MR) is 83.2 cm³/mol. The van der Waals surface area contributed by atoms with E-state index in [1.54, 1.807) is 5.28 Å². The molecule has 1 aliphatic rings. The fourth-order valence-corrected chi connectivity index (χ4v) is 11.0. The van der Waals surface area contributed by atoms with E-state index < -0.39 is 0 Å². The lowest BCUT2D eigenvalue weighted by molar-refractivity contribution is 0.847. The minimum Gasteiger partial charge on any atom is -0.0981 e. The summed E-state index contributed by atoms with van der Waals surface area (Å²) in [6, 6.07) is 0. The van der Waals surface area contributed by atoms with Gasteiger partial charge in [0.05, 0.1) is 0 Å². The zero-order valence-corrected chi connectivity index (χ0v) is 15.3. The van der Waals surface area contributed by atoms with Gasteiger partial charge < -0.3 is 0 Å². The van der Waals surface area contributed by atoms with Crippen LogP contribution in [0, 0.1) is 0 Å². The van der Waals surface area contributed by atoms with Crippen LogP contribution in [-0.4, -0.2) is 29.8 Å². The fraction of sp³-hybridized carbons (Fsp3) is 1.00. The van der Waals surface area contributed by atoms with Gasteiger partial charge in [0, 0.05) is 11.8 Å². The van der Waals surface area contributed by atoms with E-state index in [1.807, 2.05) is 0 Å². The Balaban J connectivity index is 2.52. The van der Waals surface area contributed by atoms with Crippen molar-refractivity contribution in [3.8, 4) is 0 Å². The van der Waals surface area contributed by atoms with Crippen molar-refractivity contribution in [1.29, 1.82) is 0 Å². The summed E-state index contributed by atoms with van der Waals surface area (Å²) < 4.78 is 3.88. The highest BCUT2D eigenvalue weighted by Gasteiger charge is 2.34. The van der Waals surface area contributed by atoms with E-state index in [-0.39, 0.29) is 15.2 Å². The molecular formula is C5H7AlI4. The first-order valence-corrected chi connectivity index (χ1v) is 9.99. The van der Waals surface area contributed by atoms with Crippen molar-refractivity contribution < 1.29 is 0 Å². The van der Waals surface area contributed by atoms with Crippen molar-refractivity contribution in [3.05, 3.63) is 0 Å². The zero-order chi connectivity index (χ0) is 7.72. The largest absolute Gasteiger partial charge is 0.259 e. The standard InChI is InChI=1S/C5H6I4.Al.H/c1-3(7)5(9)4(8)2-6;;/h2-5H,1H2;;. The Labute approximate surface area is 123 Å². The summed E-state index contributed by atoms with van der Waals surface area (Å²) in [5.41, 5.74) is 0. The Morgan fingerprint density at radius 2 is 1.60 bits per heavy atom. The van der Waals surface area contributed by atoms with E-state index in [9.17, 15) is 0 Å². The molecule has 1 fully saturated rings. The van der Waals surface area contributed by atoms with Crippen molar-refractivity contribution >= 4 is 106 Å². The first kappa shape index (κ1) is 11.5. The highest BCUT2D eigenvalue weighted by molar-refractivity contribution is 14.1. The number of hydrogen-bond donors (Lipinski definition) is 0. The van der Waals surface area contributed by atoms with E-state index in [0.29, 0.717) is 0 Å². The van der Waals surface area contributed by atoms with E-state index in [0.717, 1.165) is 14.6 Å². The lowest BCUT2D eigenvalue weighted by atomic mass is 10.3. The summed E-state index contributed by atoms with van der Waals surface area (Å²) in [6.45, 7) is 0. The average Bonchev–Trinajstić information content (AvgIpc) is 1.93. The normalized spacial score (nSPS) is 48.4. The van der Waals surface area contributed by atoms with E-state index in [2.05, 4.69) is 90.4 Å². The minimum atomic E-state index is 0.273. The lowest BCUT2D eigenvalue weighted by Crippen LogP contribution is -2.40. The van der Waals surface area contributed by atoms with Crippen LogP contribution in [0.15, 0.2) is 0 Å². The van der Waals surface area contributed by atoms with Crippen molar-refractivity contribution in [2.24, 2.45) is 0 Å². The molecule has 58 valence electrons. The van der Waals surface area contributed by atoms with Crippen LogP contribution < -0.4 is 0 Å². The third kappa shape index (κ3) is 2.99. The summed E-state index contributed by atoms with van der Waals surface area (Å²) in [5.74, 6) is 0. The molecule has 0 amide bonds. The van der Waals surface area contributed by atoms with E-state index in [1.165, 1.54) is 0 Å². The molecule has 4 unspecified atom stereocenters. The average molecular weight is 602 g/mol. The van der Waals surface area contributed by atoms with Crippen LogP contribution >= 0.6 is 90.4 Å². The second kappa shape index (κ2) is 5.36. The molecule has 1 rings (SSSR count). The van der Waals surface area contributed by atoms with Gasteiger partial charge in [-0.3, -0.25) is 0 Å². The summed E-state index contributed by atoms with van der Waals surface area (Å²) in [4.78, 5) is 0. The van der Waals surface area contributed by atoms with Gasteiger partial charge in [0.25, 0.3) is 15.2 Å². The Hall–Kier alpha value is 3.45. The quantitative estimate of drug-likeness (QED) is 0.228. The molecule has 0 saturated carbocycles. The molecule has 5 heteroatoms. The highest BCUT2D eigenvalue weighted by atomic mass is 127. The lowest BCUT2D eigenvalue weighted by Gasteiger charge is -2.31. The Bertz CT molecular complexity index is 106. The smallest absolute Gasteiger partial charge is 0.0981 e. The van der Waals surface area contributed by atoms with E-state index >= 15 is 0 Å². The number of alkyl halides is 4. The summed E-state index contributed by atoms with van der Waals surface area (Å²) >= 11 is 10.8. The van der Waals surface area contributed by atoms with Crippen LogP contribution in [0.5, 0.6) is 0 Å². The monoisotopic (exact) mass is 602 g/mol. The summed E-state index contributed by atoms with van der Waals surface area (Å²) in [6.07, 6.45) is 0. The summed E-state index contributed by atoms with van der Waals surface area (Å²) in [7, 11) is 0. The molecule has 0 aliphatic carbocycles. The molecule has 4 atom stereocenters. The maximum Gasteiger partial charge on any atom is 0.259 e. The van der Waals surface area contributed by atoms with Gasteiger partial charge in [-0.1, -0.05) is 95.6 Å². The molecular weight excluding hydrogens is 595 g/mol. The van der Waals surface area contributed by atoms with Gasteiger partial charge in [-0.05, 0) is 2.79 Å². The second-order valence-electron chi connectivity index (χ2n) is 2.50. The predicted octanol–water partition coefficient (Wildman–Crippen LogP) is 3.03. The van der Waals surface area contributed by atoms with Gasteiger partial charge in [0.15, 0.2) is 0 Å². The number of rotatable bonds is 0. The number of halogens is 4. The number of hydrogen-bond acceptors (Lipinski definition) is 0. The molecule has 1 heterocycles. The van der Waals surface area contributed by atoms with Crippen LogP contribution in [0.25, 0.3) is 0 Å². The first-order chi connectivity index (χ1) is 4.63. The third-order valence-corrected chi connectivity index (χ3v) is 17.3. The van der Waals surface area contributed by atoms with Gasteiger partial charge >= 0.3 is 0 Å². The van der Waals surface area contributed by atoms with Crippen LogP contribution in [0.2, 0.25) is 5.28 Å². The molecule has 1 aliphatic heterocycles. The SMILES string of the molecule is IC1[CH2][AlH][CH](I)C(I)C1I. The van der Waals surface area contributed by atoms with Gasteiger partial charge in [0.1, 0.15) is 0 Å². The molecule has 0 nitrogen and oxygen atoms in total. The second-order valence-corrected chi connectivity index (χ2v) is 12.3. The third-order valence-electron chi connectivity index (χ3n) is 1.71. The van der Waals surface area contributed by atoms with Gasteiger partial charge in [-0.2, -0.15) is 0 Å². The zero-order valence-electron chi connectivity index (χ0n) is 5.24. The van der Waals surface area contributed by atoms with Gasteiger partial charge in [-0.25, -0.2) is 0 Å². The molecule has 0 radical (unpaired) electrons. The molecule has 10 heavy (non-hydrogen) atoms. The van der Waals surface area contributed by atoms with E-state index in [4.69, 9.17) is 0 Å². The Kier molecular flexibility index (Phi) is 6.18. The summed E-state index contributed by atoms with van der Waals surface area (Å²) in [5, 5.41) is 1.56. The Morgan fingerprint density at radius 1 is 1.00 bits per heavy atom. The molecule has 0 bridgehead atoms. The topological polar surface area (TPSA) is 0 Å². The Morgan fingerprint density at radius 3 is 2.10 bits per heavy atom. The fourth-order valence-electron chi connectivity index (χ4n) is 1.04. The van der Waals surface area contributed by atoms with Gasteiger partial charge in [-0.15, -0.1) is 0 Å². The molecule has 0 aromatic heterocycles. The van der Waals surface area contributed by atoms with Crippen molar-refractivity contribution in [2.45, 2.75) is 19.8 Å². The molecule has 1 saturated heterocycles.